The van der Waals surface area contributed by atoms with E-state index in [4.69, 9.17) is 24.8 Å². The summed E-state index contributed by atoms with van der Waals surface area (Å²) in [6.07, 6.45) is 44.9. The maximum Gasteiger partial charge on any atom is 0.472 e. The molecule has 0 aromatic rings. The maximum absolute atomic E-state index is 12.6. The normalized spacial score (nSPS) is 14.0. The van der Waals surface area contributed by atoms with E-state index in [1.54, 1.807) is 0 Å². The molecule has 0 aliphatic rings. The number of carboxylic acids is 1. The van der Waals surface area contributed by atoms with Crippen molar-refractivity contribution in [3.63, 3.8) is 0 Å². The zero-order valence-corrected chi connectivity index (χ0v) is 37.5. The van der Waals surface area contributed by atoms with E-state index in [9.17, 15) is 23.8 Å². The van der Waals surface area contributed by atoms with Crippen molar-refractivity contribution in [1.29, 1.82) is 0 Å². The summed E-state index contributed by atoms with van der Waals surface area (Å²) >= 11 is 0. The van der Waals surface area contributed by atoms with Gasteiger partial charge in [-0.1, -0.05) is 159 Å². The van der Waals surface area contributed by atoms with E-state index in [1.807, 2.05) is 0 Å². The first-order valence-electron chi connectivity index (χ1n) is 23.0. The van der Waals surface area contributed by atoms with Crippen LogP contribution >= 0.6 is 7.82 Å². The van der Waals surface area contributed by atoms with Crippen LogP contribution < -0.4 is 5.73 Å². The van der Waals surface area contributed by atoms with E-state index < -0.39 is 51.1 Å². The van der Waals surface area contributed by atoms with Crippen LogP contribution in [0.4, 0.5) is 0 Å². The van der Waals surface area contributed by atoms with Crippen LogP contribution in [0, 0.1) is 0 Å². The quantitative estimate of drug-likeness (QED) is 0.0231. The van der Waals surface area contributed by atoms with Gasteiger partial charge in [0.2, 0.25) is 0 Å². The molecule has 1 unspecified atom stereocenters. The first-order valence-corrected chi connectivity index (χ1v) is 24.5. The number of hydrogen-bond acceptors (Lipinski definition) is 9. The van der Waals surface area contributed by atoms with Crippen molar-refractivity contribution >= 4 is 25.7 Å². The van der Waals surface area contributed by atoms with Crippen molar-refractivity contribution < 1.29 is 47.5 Å². The van der Waals surface area contributed by atoms with Gasteiger partial charge in [-0.05, 0) is 70.6 Å². The highest BCUT2D eigenvalue weighted by molar-refractivity contribution is 7.47. The number of carbonyl (C=O) groups excluding carboxylic acids is 2. The first-order chi connectivity index (χ1) is 28.1. The molecule has 4 N–H and O–H groups in total. The van der Waals surface area contributed by atoms with Gasteiger partial charge in [0.05, 0.1) is 13.2 Å². The molecule has 0 rings (SSSR count). The lowest BCUT2D eigenvalue weighted by Gasteiger charge is -2.20. The van der Waals surface area contributed by atoms with Gasteiger partial charge in [0.25, 0.3) is 0 Å². The predicted molar refractivity (Wildman–Crippen MR) is 235 cm³/mol. The van der Waals surface area contributed by atoms with Gasteiger partial charge >= 0.3 is 25.7 Å². The molecular formula is C46H84NO10P. The SMILES string of the molecule is CCCCC/C=C/C/C=C/CCCCCCCCCCCC(=O)O[C@H](COC(=O)CCCC/C=C/CCCCCCCCCCC)COP(=O)(O)OC[C@H](N)C(=O)O. The van der Waals surface area contributed by atoms with Crippen molar-refractivity contribution in [1.82, 2.24) is 0 Å². The average molecular weight is 842 g/mol. The van der Waals surface area contributed by atoms with Crippen LogP contribution in [0.5, 0.6) is 0 Å². The van der Waals surface area contributed by atoms with E-state index in [0.29, 0.717) is 12.8 Å². The number of allylic oxidation sites excluding steroid dienone is 6. The zero-order chi connectivity index (χ0) is 42.8. The molecule has 0 aliphatic carbocycles. The van der Waals surface area contributed by atoms with Crippen LogP contribution in [0.1, 0.15) is 206 Å². The molecule has 0 saturated carbocycles. The zero-order valence-electron chi connectivity index (χ0n) is 36.6. The van der Waals surface area contributed by atoms with Gasteiger partial charge in [-0.15, -0.1) is 0 Å². The molecule has 3 atom stereocenters. The van der Waals surface area contributed by atoms with E-state index >= 15 is 0 Å². The molecule has 338 valence electrons. The summed E-state index contributed by atoms with van der Waals surface area (Å²) in [6.45, 7) is 2.77. The Bertz CT molecular complexity index is 1130. The van der Waals surface area contributed by atoms with Gasteiger partial charge in [0, 0.05) is 12.8 Å². The number of unbranched alkanes of at least 4 members (excludes halogenated alkanes) is 23. The largest absolute Gasteiger partial charge is 0.480 e. The van der Waals surface area contributed by atoms with E-state index in [2.05, 4.69) is 54.8 Å². The van der Waals surface area contributed by atoms with Crippen molar-refractivity contribution in [2.24, 2.45) is 5.73 Å². The number of ether oxygens (including phenoxy) is 2. The number of aliphatic carboxylic acids is 1. The van der Waals surface area contributed by atoms with E-state index in [-0.39, 0.29) is 19.4 Å². The maximum atomic E-state index is 12.6. The minimum atomic E-state index is -4.72. The number of nitrogens with two attached hydrogens (primary N) is 1. The molecule has 0 aliphatic heterocycles. The van der Waals surface area contributed by atoms with Crippen molar-refractivity contribution in [3.8, 4) is 0 Å². The molecule has 0 aromatic carbocycles. The molecule has 58 heavy (non-hydrogen) atoms. The summed E-state index contributed by atoms with van der Waals surface area (Å²) in [4.78, 5) is 46.0. The Labute approximate surface area is 353 Å². The Kier molecular flexibility index (Phi) is 39.8. The van der Waals surface area contributed by atoms with Gasteiger partial charge in [-0.2, -0.15) is 0 Å². The van der Waals surface area contributed by atoms with E-state index in [1.165, 1.54) is 116 Å². The van der Waals surface area contributed by atoms with Gasteiger partial charge < -0.3 is 25.2 Å². The molecule has 0 amide bonds. The Balaban J connectivity index is 4.34. The molecule has 0 bridgehead atoms. The highest BCUT2D eigenvalue weighted by Crippen LogP contribution is 2.43. The molecule has 11 nitrogen and oxygen atoms in total. The molecule has 0 aromatic heterocycles. The second-order valence-corrected chi connectivity index (χ2v) is 17.0. The standard InChI is InChI=1S/C46H84NO10P/c1-3-5-7-9-11-13-15-17-19-20-21-22-24-26-28-30-32-34-36-38-45(49)57-42(40-55-58(52,53)56-41-43(47)46(50)51)39-54-44(48)37-35-33-31-29-27-25-23-18-16-14-12-10-8-6-4-2/h11,13,17,19,27,29,42-43H,3-10,12,14-16,18,20-26,28,30-41,47H2,1-2H3,(H,50,51)(H,52,53)/b13-11+,19-17+,29-27+/t42-,43+/m1/s1. The second-order valence-electron chi connectivity index (χ2n) is 15.5. The molecule has 0 spiro atoms. The van der Waals surface area contributed by atoms with Gasteiger partial charge in [0.15, 0.2) is 6.10 Å². The number of esters is 2. The lowest BCUT2D eigenvalue weighted by molar-refractivity contribution is -0.161. The minimum absolute atomic E-state index is 0.153. The molecular weight excluding hydrogens is 757 g/mol. The smallest absolute Gasteiger partial charge is 0.472 e. The van der Waals surface area contributed by atoms with Gasteiger partial charge in [-0.3, -0.25) is 23.4 Å². The van der Waals surface area contributed by atoms with E-state index in [0.717, 1.165) is 51.4 Å². The summed E-state index contributed by atoms with van der Waals surface area (Å²) in [6, 6.07) is -1.52. The predicted octanol–water partition coefficient (Wildman–Crippen LogP) is 12.4. The molecule has 0 radical (unpaired) electrons. The van der Waals surface area contributed by atoms with Crippen LogP contribution in [0.2, 0.25) is 0 Å². The molecule has 0 fully saturated rings. The summed E-state index contributed by atoms with van der Waals surface area (Å²) < 4.78 is 32.7. The fourth-order valence-corrected chi connectivity index (χ4v) is 6.99. The third-order valence-electron chi connectivity index (χ3n) is 9.86. The molecule has 0 heterocycles. The lowest BCUT2D eigenvalue weighted by Crippen LogP contribution is -2.34. The van der Waals surface area contributed by atoms with Gasteiger partial charge in [-0.25, -0.2) is 4.57 Å². The van der Waals surface area contributed by atoms with Crippen LogP contribution in [0.3, 0.4) is 0 Å². The number of rotatable bonds is 43. The topological polar surface area (TPSA) is 172 Å². The Morgan fingerprint density at radius 3 is 1.43 bits per heavy atom. The summed E-state index contributed by atoms with van der Waals surface area (Å²) in [7, 11) is -4.72. The number of phosphoric ester groups is 1. The van der Waals surface area contributed by atoms with Crippen LogP contribution in [0.25, 0.3) is 0 Å². The third kappa shape index (κ3) is 40.5. The molecule has 12 heteroatoms. The summed E-state index contributed by atoms with van der Waals surface area (Å²) in [5.74, 6) is -2.41. The average Bonchev–Trinajstić information content (AvgIpc) is 3.20. The van der Waals surface area contributed by atoms with Crippen LogP contribution in [-0.4, -0.2) is 59.9 Å². The third-order valence-corrected chi connectivity index (χ3v) is 10.8. The van der Waals surface area contributed by atoms with Gasteiger partial charge in [0.1, 0.15) is 12.6 Å². The Morgan fingerprint density at radius 2 is 0.914 bits per heavy atom. The molecule has 0 saturated heterocycles. The minimum Gasteiger partial charge on any atom is -0.480 e. The van der Waals surface area contributed by atoms with Crippen molar-refractivity contribution in [3.05, 3.63) is 36.5 Å². The summed E-state index contributed by atoms with van der Waals surface area (Å²) in [5.41, 5.74) is 5.34. The highest BCUT2D eigenvalue weighted by Gasteiger charge is 2.28. The summed E-state index contributed by atoms with van der Waals surface area (Å²) in [5, 5.41) is 8.90. The fourth-order valence-electron chi connectivity index (χ4n) is 6.21. The fraction of sp³-hybridized carbons (Fsp3) is 0.804. The first kappa shape index (κ1) is 55.7. The number of carboxylic acid groups (broad SMARTS) is 1. The monoisotopic (exact) mass is 842 g/mol. The van der Waals surface area contributed by atoms with Crippen LogP contribution in [-0.2, 0) is 37.5 Å². The Morgan fingerprint density at radius 1 is 0.534 bits per heavy atom. The lowest BCUT2D eigenvalue weighted by atomic mass is 10.1. The number of phosphoric acid groups is 1. The second kappa shape index (κ2) is 41.4. The van der Waals surface area contributed by atoms with Crippen LogP contribution in [0.15, 0.2) is 36.5 Å². The number of carbonyl (C=O) groups is 3. The Hall–Kier alpha value is -2.30. The van der Waals surface area contributed by atoms with Crippen molar-refractivity contribution in [2.75, 3.05) is 19.8 Å². The van der Waals surface area contributed by atoms with Crippen molar-refractivity contribution in [2.45, 2.75) is 219 Å². The number of hydrogen-bond donors (Lipinski definition) is 3. The highest BCUT2D eigenvalue weighted by atomic mass is 31.2.